The Labute approximate surface area is 119 Å². The van der Waals surface area contributed by atoms with E-state index in [4.69, 9.17) is 0 Å². The molecule has 0 aromatic heterocycles. The molecule has 1 aromatic carbocycles. The smallest absolute Gasteiger partial charge is 0.000633 e. The van der Waals surface area contributed by atoms with Gasteiger partial charge in [-0.1, -0.05) is 44.2 Å². The van der Waals surface area contributed by atoms with Crippen molar-refractivity contribution in [3.63, 3.8) is 0 Å². The molecule has 0 heterocycles. The summed E-state index contributed by atoms with van der Waals surface area (Å²) in [5, 5.41) is 0. The molecule has 0 N–H and O–H groups in total. The summed E-state index contributed by atoms with van der Waals surface area (Å²) in [5.74, 6) is 1.71. The third-order valence-electron chi connectivity index (χ3n) is 4.61. The lowest BCUT2D eigenvalue weighted by atomic mass is 9.65. The van der Waals surface area contributed by atoms with E-state index in [0.717, 1.165) is 11.8 Å². The van der Waals surface area contributed by atoms with Crippen LogP contribution in [0.4, 0.5) is 0 Å². The normalized spacial score (nSPS) is 26.6. The molecule has 106 valence electrons. The standard InChI is InChI=1S/C18H29N/c1-18(2)11-10-16(14-19(3)4)17(13-18)12-15-8-6-5-7-9-15/h5-9,16-17H,10-14H2,1-4H3/t16-,17-/m1/s1. The minimum absolute atomic E-state index is 0.530. The fourth-order valence-corrected chi connectivity index (χ4v) is 3.66. The monoisotopic (exact) mass is 259 g/mol. The van der Waals surface area contributed by atoms with Crippen LogP contribution in [0.5, 0.6) is 0 Å². The maximum atomic E-state index is 2.44. The molecule has 1 saturated carbocycles. The van der Waals surface area contributed by atoms with Gasteiger partial charge in [-0.15, -0.1) is 0 Å². The van der Waals surface area contributed by atoms with Gasteiger partial charge in [0.25, 0.3) is 0 Å². The van der Waals surface area contributed by atoms with Gasteiger partial charge < -0.3 is 4.90 Å². The molecule has 1 fully saturated rings. The lowest BCUT2D eigenvalue weighted by Crippen LogP contribution is -2.36. The second-order valence-electron chi connectivity index (χ2n) is 7.38. The summed E-state index contributed by atoms with van der Waals surface area (Å²) in [6.45, 7) is 6.13. The van der Waals surface area contributed by atoms with E-state index in [9.17, 15) is 0 Å². The highest BCUT2D eigenvalue weighted by atomic mass is 15.1. The molecule has 0 spiro atoms. The lowest BCUT2D eigenvalue weighted by molar-refractivity contribution is 0.0976. The van der Waals surface area contributed by atoms with Crippen molar-refractivity contribution in [2.45, 2.75) is 39.5 Å². The summed E-state index contributed by atoms with van der Waals surface area (Å²) in [7, 11) is 4.42. The Morgan fingerprint density at radius 2 is 1.79 bits per heavy atom. The molecular formula is C18H29N. The number of hydrogen-bond donors (Lipinski definition) is 0. The first-order chi connectivity index (χ1) is 8.96. The van der Waals surface area contributed by atoms with Gasteiger partial charge >= 0.3 is 0 Å². The van der Waals surface area contributed by atoms with Gasteiger partial charge in [0, 0.05) is 6.54 Å². The molecule has 1 nitrogen and oxygen atoms in total. The van der Waals surface area contributed by atoms with Gasteiger partial charge in [0.1, 0.15) is 0 Å². The lowest BCUT2D eigenvalue weighted by Gasteiger charge is -2.42. The van der Waals surface area contributed by atoms with Gasteiger partial charge in [0.05, 0.1) is 0 Å². The van der Waals surface area contributed by atoms with Crippen molar-refractivity contribution in [3.8, 4) is 0 Å². The van der Waals surface area contributed by atoms with Gasteiger partial charge in [-0.25, -0.2) is 0 Å². The number of hydrogen-bond acceptors (Lipinski definition) is 1. The summed E-state index contributed by atoms with van der Waals surface area (Å²) in [6, 6.07) is 11.0. The van der Waals surface area contributed by atoms with Crippen LogP contribution in [0, 0.1) is 17.3 Å². The fourth-order valence-electron chi connectivity index (χ4n) is 3.66. The molecule has 2 rings (SSSR count). The molecule has 1 heteroatoms. The average molecular weight is 259 g/mol. The summed E-state index contributed by atoms with van der Waals surface area (Å²) in [6.07, 6.45) is 5.41. The van der Waals surface area contributed by atoms with Crippen LogP contribution in [0.15, 0.2) is 30.3 Å². The van der Waals surface area contributed by atoms with E-state index >= 15 is 0 Å². The Bertz CT molecular complexity index is 380. The van der Waals surface area contributed by atoms with Crippen LogP contribution >= 0.6 is 0 Å². The summed E-state index contributed by atoms with van der Waals surface area (Å²) < 4.78 is 0. The number of nitrogens with zero attached hydrogens (tertiary/aromatic N) is 1. The summed E-state index contributed by atoms with van der Waals surface area (Å²) in [4.78, 5) is 2.36. The first kappa shape index (κ1) is 14.6. The zero-order valence-electron chi connectivity index (χ0n) is 13.0. The van der Waals surface area contributed by atoms with E-state index < -0.39 is 0 Å². The van der Waals surface area contributed by atoms with Crippen LogP contribution < -0.4 is 0 Å². The van der Waals surface area contributed by atoms with E-state index in [1.165, 1.54) is 37.8 Å². The quantitative estimate of drug-likeness (QED) is 0.782. The van der Waals surface area contributed by atoms with Crippen molar-refractivity contribution in [3.05, 3.63) is 35.9 Å². The Morgan fingerprint density at radius 1 is 1.11 bits per heavy atom. The predicted octanol–water partition coefficient (Wildman–Crippen LogP) is 4.23. The minimum Gasteiger partial charge on any atom is -0.309 e. The topological polar surface area (TPSA) is 3.24 Å². The second kappa shape index (κ2) is 6.09. The van der Waals surface area contributed by atoms with Gasteiger partial charge in [-0.3, -0.25) is 0 Å². The third kappa shape index (κ3) is 4.35. The molecule has 0 aliphatic heterocycles. The highest BCUT2D eigenvalue weighted by Crippen LogP contribution is 2.43. The van der Waals surface area contributed by atoms with Crippen LogP contribution in [0.25, 0.3) is 0 Å². The van der Waals surface area contributed by atoms with Crippen LogP contribution in [0.3, 0.4) is 0 Å². The molecule has 0 unspecified atom stereocenters. The Morgan fingerprint density at radius 3 is 2.42 bits per heavy atom. The maximum Gasteiger partial charge on any atom is 0.000633 e. The molecule has 0 amide bonds. The Kier molecular flexibility index (Phi) is 4.67. The van der Waals surface area contributed by atoms with Crippen molar-refractivity contribution in [2.24, 2.45) is 17.3 Å². The van der Waals surface area contributed by atoms with Crippen LogP contribution in [-0.2, 0) is 6.42 Å². The zero-order chi connectivity index (χ0) is 13.9. The molecule has 19 heavy (non-hydrogen) atoms. The largest absolute Gasteiger partial charge is 0.309 e. The Balaban J connectivity index is 2.07. The van der Waals surface area contributed by atoms with Gasteiger partial charge in [0.2, 0.25) is 0 Å². The first-order valence-electron chi connectivity index (χ1n) is 7.65. The number of rotatable bonds is 4. The van der Waals surface area contributed by atoms with E-state index in [2.05, 4.69) is 63.2 Å². The summed E-state index contributed by atoms with van der Waals surface area (Å²) >= 11 is 0. The first-order valence-corrected chi connectivity index (χ1v) is 7.65. The molecule has 1 aliphatic rings. The number of benzene rings is 1. The molecule has 1 aliphatic carbocycles. The van der Waals surface area contributed by atoms with Crippen molar-refractivity contribution in [1.29, 1.82) is 0 Å². The van der Waals surface area contributed by atoms with Gasteiger partial charge in [-0.2, -0.15) is 0 Å². The molecular weight excluding hydrogens is 230 g/mol. The zero-order valence-corrected chi connectivity index (χ0v) is 13.0. The van der Waals surface area contributed by atoms with Crippen LogP contribution in [-0.4, -0.2) is 25.5 Å². The van der Waals surface area contributed by atoms with Gasteiger partial charge in [-0.05, 0) is 62.6 Å². The van der Waals surface area contributed by atoms with E-state index in [-0.39, 0.29) is 0 Å². The highest BCUT2D eigenvalue weighted by Gasteiger charge is 2.34. The Hall–Kier alpha value is -0.820. The third-order valence-corrected chi connectivity index (χ3v) is 4.61. The van der Waals surface area contributed by atoms with E-state index in [1.807, 2.05) is 0 Å². The SMILES string of the molecule is CN(C)C[C@H]1CCC(C)(C)C[C@H]1Cc1ccccc1. The van der Waals surface area contributed by atoms with E-state index in [0.29, 0.717) is 5.41 Å². The molecule has 0 radical (unpaired) electrons. The molecule has 2 atom stereocenters. The summed E-state index contributed by atoms with van der Waals surface area (Å²) in [5.41, 5.74) is 2.04. The fraction of sp³-hybridized carbons (Fsp3) is 0.667. The van der Waals surface area contributed by atoms with E-state index in [1.54, 1.807) is 0 Å². The molecule has 0 saturated heterocycles. The van der Waals surface area contributed by atoms with Crippen molar-refractivity contribution in [2.75, 3.05) is 20.6 Å². The van der Waals surface area contributed by atoms with Crippen molar-refractivity contribution in [1.82, 2.24) is 4.90 Å². The molecule has 0 bridgehead atoms. The van der Waals surface area contributed by atoms with Crippen LogP contribution in [0.2, 0.25) is 0 Å². The second-order valence-corrected chi connectivity index (χ2v) is 7.38. The average Bonchev–Trinajstić information content (AvgIpc) is 2.33. The minimum atomic E-state index is 0.530. The van der Waals surface area contributed by atoms with Crippen molar-refractivity contribution >= 4 is 0 Å². The van der Waals surface area contributed by atoms with Crippen molar-refractivity contribution < 1.29 is 0 Å². The maximum absolute atomic E-state index is 2.44. The van der Waals surface area contributed by atoms with Gasteiger partial charge in [0.15, 0.2) is 0 Å². The van der Waals surface area contributed by atoms with Crippen LogP contribution in [0.1, 0.15) is 38.7 Å². The highest BCUT2D eigenvalue weighted by molar-refractivity contribution is 5.15. The molecule has 1 aromatic rings. The predicted molar refractivity (Wildman–Crippen MR) is 83.3 cm³/mol.